The molecule has 0 bridgehead atoms. The van der Waals surface area contributed by atoms with Crippen molar-refractivity contribution in [3.05, 3.63) is 0 Å². The molecule has 2 rings (SSSR count). The van der Waals surface area contributed by atoms with Crippen LogP contribution in [0.5, 0.6) is 0 Å². The zero-order valence-electron chi connectivity index (χ0n) is 11.6. The summed E-state index contributed by atoms with van der Waals surface area (Å²) in [6.07, 6.45) is 4.09. The molecular weight excluding hydrogens is 148 g/mol. The monoisotopic (exact) mass is 172 g/mol. The van der Waals surface area contributed by atoms with E-state index in [1.54, 1.807) is 10.2 Å². The van der Waals surface area contributed by atoms with E-state index in [4.69, 9.17) is 5.52 Å². The molecule has 12 heavy (non-hydrogen) atoms. The molecule has 2 nitrogen and oxygen atoms in total. The third kappa shape index (κ3) is 1.64. The fraction of sp³-hybridized carbons (Fsp3) is 1.00. The van der Waals surface area contributed by atoms with Crippen molar-refractivity contribution in [2.75, 3.05) is 33.2 Å². The lowest BCUT2D eigenvalue weighted by atomic mass is 9.72. The second kappa shape index (κ2) is 3.35. The van der Waals surface area contributed by atoms with Crippen LogP contribution in [0.25, 0.3) is 0 Å². The lowest BCUT2D eigenvalue weighted by Gasteiger charge is -2.43. The quantitative estimate of drug-likeness (QED) is 0.588. The molecule has 0 unspecified atom stereocenters. The van der Waals surface area contributed by atoms with Crippen LogP contribution in [0.15, 0.2) is 0 Å². The summed E-state index contributed by atoms with van der Waals surface area (Å²) in [4.78, 5) is 1.62. The highest BCUT2D eigenvalue weighted by Gasteiger charge is 2.34. The molecule has 0 aliphatic carbocycles. The van der Waals surface area contributed by atoms with Crippen molar-refractivity contribution >= 4 is 0 Å². The molecule has 1 N–H and O–H groups in total. The summed E-state index contributed by atoms with van der Waals surface area (Å²) in [6, 6.07) is 0. The van der Waals surface area contributed by atoms with E-state index in [2.05, 4.69) is 0 Å². The summed E-state index contributed by atoms with van der Waals surface area (Å²) in [6.45, 7) is 1.14. The number of nitrogens with zero attached hydrogens (tertiary/aromatic N) is 1. The van der Waals surface area contributed by atoms with Crippen LogP contribution in [-0.2, 0) is 0 Å². The Morgan fingerprint density at radius 2 is 1.92 bits per heavy atom. The number of piperidine rings is 2. The molecule has 0 aromatic carbocycles. The maximum Gasteiger partial charge on any atom is 0.122 e. The Morgan fingerprint density at radius 1 is 1.25 bits per heavy atom. The topological polar surface area (TPSA) is 15.3 Å². The van der Waals surface area contributed by atoms with E-state index in [1.807, 2.05) is 0 Å². The van der Waals surface area contributed by atoms with Gasteiger partial charge in [-0.25, -0.2) is 0 Å². The SMILES string of the molecule is [2H]N1CCC2(CC1)CCN(C([2H])([2H])[2H])CC2. The Morgan fingerprint density at radius 3 is 2.50 bits per heavy atom. The zero-order chi connectivity index (χ0) is 11.8. The molecule has 2 heteroatoms. The zero-order valence-corrected chi connectivity index (χ0v) is 7.55. The first-order valence-electron chi connectivity index (χ1n) is 6.85. The summed E-state index contributed by atoms with van der Waals surface area (Å²) in [5.41, 5.74) is 0.333. The van der Waals surface area contributed by atoms with Crippen molar-refractivity contribution in [3.63, 3.8) is 0 Å². The van der Waals surface area contributed by atoms with E-state index in [9.17, 15) is 0 Å². The summed E-state index contributed by atoms with van der Waals surface area (Å²) < 4.78 is 29.7. The molecule has 2 aliphatic rings. The van der Waals surface area contributed by atoms with Gasteiger partial charge >= 0.3 is 0 Å². The largest absolute Gasteiger partial charge is 0.317 e. The fourth-order valence-electron chi connectivity index (χ4n) is 2.35. The third-order valence-corrected chi connectivity index (χ3v) is 3.42. The molecule has 0 amide bonds. The Bertz CT molecular complexity index is 236. The molecule has 0 atom stereocenters. The molecule has 1 spiro atoms. The van der Waals surface area contributed by atoms with Crippen molar-refractivity contribution < 1.29 is 5.52 Å². The average Bonchev–Trinajstić information content (AvgIpc) is 2.22. The van der Waals surface area contributed by atoms with E-state index in [1.165, 1.54) is 0 Å². The Kier molecular flexibility index (Phi) is 1.38. The predicted molar refractivity (Wildman–Crippen MR) is 51.3 cm³/mol. The van der Waals surface area contributed by atoms with Gasteiger partial charge in [-0.1, -0.05) is 0 Å². The molecular formula is C10H20N2. The van der Waals surface area contributed by atoms with E-state index in [0.717, 1.165) is 38.8 Å². The van der Waals surface area contributed by atoms with Crippen LogP contribution < -0.4 is 5.31 Å². The van der Waals surface area contributed by atoms with E-state index >= 15 is 0 Å². The molecule has 0 radical (unpaired) electrons. The van der Waals surface area contributed by atoms with Gasteiger partial charge in [-0.3, -0.25) is 0 Å². The molecule has 2 saturated heterocycles. The van der Waals surface area contributed by atoms with Crippen LogP contribution in [0.3, 0.4) is 0 Å². The number of nitrogens with one attached hydrogen (secondary N) is 1. The smallest absolute Gasteiger partial charge is 0.122 e. The summed E-state index contributed by atoms with van der Waals surface area (Å²) >= 11 is 0. The summed E-state index contributed by atoms with van der Waals surface area (Å²) in [5.74, 6) is 0. The van der Waals surface area contributed by atoms with Crippen molar-refractivity contribution in [2.24, 2.45) is 5.41 Å². The van der Waals surface area contributed by atoms with Crippen LogP contribution in [0.2, 0.25) is 1.41 Å². The normalized spacial score (nSPS) is 38.3. The van der Waals surface area contributed by atoms with Crippen molar-refractivity contribution in [3.8, 4) is 0 Å². The predicted octanol–water partition coefficient (Wildman–Crippen LogP) is 1.08. The standard InChI is InChI=1S/C10H20N2/c1-12-8-4-10(5-9-12)2-6-11-7-3-10/h11H,2-9H2,1H3/i1D3/hD. The van der Waals surface area contributed by atoms with Crippen molar-refractivity contribution in [2.45, 2.75) is 25.7 Å². The van der Waals surface area contributed by atoms with Crippen LogP contribution in [0.1, 0.15) is 29.8 Å². The van der Waals surface area contributed by atoms with E-state index in [0.29, 0.717) is 18.5 Å². The van der Waals surface area contributed by atoms with E-state index < -0.39 is 6.98 Å². The number of hydrogen-bond donors (Lipinski definition) is 1. The molecule has 2 aliphatic heterocycles. The second-order valence-corrected chi connectivity index (χ2v) is 4.16. The lowest BCUT2D eigenvalue weighted by molar-refractivity contribution is 0.0876. The first-order valence-corrected chi connectivity index (χ1v) is 4.90. The third-order valence-electron chi connectivity index (χ3n) is 3.42. The lowest BCUT2D eigenvalue weighted by Crippen LogP contribution is -2.44. The minimum Gasteiger partial charge on any atom is -0.317 e. The van der Waals surface area contributed by atoms with Gasteiger partial charge in [0.05, 0.1) is 0 Å². The van der Waals surface area contributed by atoms with Crippen LogP contribution in [0, 0.1) is 5.41 Å². The highest BCUT2D eigenvalue weighted by atomic mass is 15.1. The maximum absolute atomic E-state index is 7.55. The summed E-state index contributed by atoms with van der Waals surface area (Å²) in [5, 5.41) is 1.63. The van der Waals surface area contributed by atoms with Gasteiger partial charge in [-0.05, 0) is 64.3 Å². The minimum atomic E-state index is -1.92. The van der Waals surface area contributed by atoms with Gasteiger partial charge in [0.25, 0.3) is 0 Å². The van der Waals surface area contributed by atoms with Gasteiger partial charge in [-0.15, -0.1) is 0 Å². The van der Waals surface area contributed by atoms with Crippen LogP contribution in [-0.4, -0.2) is 38.1 Å². The number of likely N-dealkylation sites (tertiary alicyclic amines) is 1. The van der Waals surface area contributed by atoms with Crippen molar-refractivity contribution in [1.29, 1.82) is 0 Å². The Hall–Kier alpha value is -0.0800. The first kappa shape index (κ1) is 4.97. The minimum absolute atomic E-state index is 0.333. The van der Waals surface area contributed by atoms with Gasteiger partial charge in [0.1, 0.15) is 1.41 Å². The Balaban J connectivity index is 1.89. The first-order chi connectivity index (χ1) is 7.41. The molecule has 0 aromatic rings. The van der Waals surface area contributed by atoms with Gasteiger partial charge in [0.2, 0.25) is 0 Å². The summed E-state index contributed by atoms with van der Waals surface area (Å²) in [7, 11) is 0. The highest BCUT2D eigenvalue weighted by Crippen LogP contribution is 2.38. The van der Waals surface area contributed by atoms with Gasteiger partial charge in [0, 0.05) is 4.11 Å². The highest BCUT2D eigenvalue weighted by molar-refractivity contribution is 4.88. The van der Waals surface area contributed by atoms with Gasteiger partial charge in [0.15, 0.2) is 0 Å². The number of rotatable bonds is 0. The van der Waals surface area contributed by atoms with Gasteiger partial charge in [-0.2, -0.15) is 0 Å². The average molecular weight is 172 g/mol. The fourth-order valence-corrected chi connectivity index (χ4v) is 2.35. The molecule has 70 valence electrons. The molecule has 0 aromatic heterocycles. The molecule has 2 heterocycles. The van der Waals surface area contributed by atoms with Gasteiger partial charge < -0.3 is 10.2 Å². The molecule has 2 fully saturated rings. The van der Waals surface area contributed by atoms with Crippen LogP contribution >= 0.6 is 0 Å². The number of hydrogen-bond acceptors (Lipinski definition) is 2. The van der Waals surface area contributed by atoms with Crippen molar-refractivity contribution in [1.82, 2.24) is 10.2 Å². The molecule has 0 saturated carbocycles. The maximum atomic E-state index is 7.55. The second-order valence-electron chi connectivity index (χ2n) is 4.16. The Labute approximate surface area is 81.0 Å². The van der Waals surface area contributed by atoms with E-state index in [-0.39, 0.29) is 0 Å². The van der Waals surface area contributed by atoms with Crippen LogP contribution in [0.4, 0.5) is 0 Å².